The summed E-state index contributed by atoms with van der Waals surface area (Å²) in [6.07, 6.45) is 1.68. The van der Waals surface area contributed by atoms with Gasteiger partial charge in [-0.1, -0.05) is 12.1 Å². The van der Waals surface area contributed by atoms with E-state index in [-0.39, 0.29) is 24.8 Å². The highest BCUT2D eigenvalue weighted by Gasteiger charge is 2.30. The van der Waals surface area contributed by atoms with Crippen molar-refractivity contribution in [1.29, 1.82) is 0 Å². The summed E-state index contributed by atoms with van der Waals surface area (Å²) in [5.41, 5.74) is 0.972. The average Bonchev–Trinajstić information content (AvgIpc) is 3.11. The second-order valence-corrected chi connectivity index (χ2v) is 7.07. The average molecular weight is 385 g/mol. The Kier molecular flexibility index (Phi) is 5.19. The van der Waals surface area contributed by atoms with E-state index in [1.54, 1.807) is 18.2 Å². The second-order valence-electron chi connectivity index (χ2n) is 7.07. The Bertz CT molecular complexity index is 1050. The van der Waals surface area contributed by atoms with E-state index >= 15 is 0 Å². The van der Waals surface area contributed by atoms with Crippen molar-refractivity contribution in [2.75, 3.05) is 13.2 Å². The van der Waals surface area contributed by atoms with Crippen LogP contribution in [0.3, 0.4) is 0 Å². The molecule has 2 aromatic carbocycles. The molecule has 1 aliphatic heterocycles. The van der Waals surface area contributed by atoms with Gasteiger partial charge in [0.05, 0.1) is 30.1 Å². The van der Waals surface area contributed by atoms with Crippen molar-refractivity contribution >= 4 is 10.9 Å². The number of aliphatic hydroxyl groups is 1. The van der Waals surface area contributed by atoms with E-state index in [9.17, 15) is 18.7 Å². The van der Waals surface area contributed by atoms with Gasteiger partial charge in [0.1, 0.15) is 17.5 Å². The fourth-order valence-electron chi connectivity index (χ4n) is 4.00. The van der Waals surface area contributed by atoms with Gasteiger partial charge < -0.3 is 5.11 Å². The molecule has 28 heavy (non-hydrogen) atoms. The predicted octanol–water partition coefficient (Wildman–Crippen LogP) is 3.00. The molecule has 0 aliphatic carbocycles. The van der Waals surface area contributed by atoms with Crippen LogP contribution in [-0.4, -0.2) is 32.7 Å². The smallest absolute Gasteiger partial charge is 0.261 e. The van der Waals surface area contributed by atoms with E-state index in [4.69, 9.17) is 4.98 Å². The molecule has 1 aromatic heterocycles. The van der Waals surface area contributed by atoms with E-state index in [0.717, 1.165) is 25.5 Å². The normalized spacial score (nSPS) is 17.5. The van der Waals surface area contributed by atoms with E-state index in [1.165, 1.54) is 16.7 Å². The zero-order valence-corrected chi connectivity index (χ0v) is 15.3. The van der Waals surface area contributed by atoms with E-state index in [2.05, 4.69) is 4.90 Å². The van der Waals surface area contributed by atoms with E-state index < -0.39 is 11.6 Å². The molecule has 7 heteroatoms. The molecule has 1 saturated heterocycles. The molecule has 146 valence electrons. The topological polar surface area (TPSA) is 58.4 Å². The molecule has 0 bridgehead atoms. The number of fused-ring (bicyclic) bond motifs is 1. The first-order valence-corrected chi connectivity index (χ1v) is 9.36. The first-order valence-electron chi connectivity index (χ1n) is 9.36. The molecule has 1 N–H and O–H groups in total. The summed E-state index contributed by atoms with van der Waals surface area (Å²) in [6, 6.07) is 10.5. The van der Waals surface area contributed by atoms with Crippen LogP contribution < -0.4 is 5.56 Å². The van der Waals surface area contributed by atoms with Gasteiger partial charge in [0.2, 0.25) is 0 Å². The van der Waals surface area contributed by atoms with Gasteiger partial charge in [-0.25, -0.2) is 13.8 Å². The zero-order chi connectivity index (χ0) is 19.7. The van der Waals surface area contributed by atoms with Crippen LogP contribution in [0.25, 0.3) is 10.9 Å². The summed E-state index contributed by atoms with van der Waals surface area (Å²) in [4.78, 5) is 19.8. The Labute approximate surface area is 160 Å². The number of hydrogen-bond acceptors (Lipinski definition) is 4. The molecule has 3 aromatic rings. The number of aliphatic hydroxyl groups excluding tert-OH is 1. The Balaban J connectivity index is 1.75. The monoisotopic (exact) mass is 385 g/mol. The fourth-order valence-corrected chi connectivity index (χ4v) is 4.00. The van der Waals surface area contributed by atoms with Gasteiger partial charge in [-0.3, -0.25) is 14.3 Å². The van der Waals surface area contributed by atoms with Crippen LogP contribution in [-0.2, 0) is 13.1 Å². The molecule has 5 nitrogen and oxygen atoms in total. The molecule has 0 spiro atoms. The minimum Gasteiger partial charge on any atom is -0.395 e. The fraction of sp³-hybridized carbons (Fsp3) is 0.333. The van der Waals surface area contributed by atoms with Crippen LogP contribution in [0.5, 0.6) is 0 Å². The number of benzene rings is 2. The summed E-state index contributed by atoms with van der Waals surface area (Å²) < 4.78 is 28.7. The molecule has 4 rings (SSSR count). The highest BCUT2D eigenvalue weighted by Crippen LogP contribution is 2.32. The SMILES string of the molecule is O=c1c2ccccc2nc(C2CCCN2Cc2cc(F)cc(F)c2)n1CCO. The number of halogens is 2. The standard InChI is InChI=1S/C21H21F2N3O2/c22-15-10-14(11-16(23)12-15)13-25-7-3-6-19(25)20-24-18-5-2-1-4-17(18)21(28)26(20)8-9-27/h1-2,4-5,10-12,19,27H,3,6-9,13H2. The summed E-state index contributed by atoms with van der Waals surface area (Å²) in [6.45, 7) is 1.09. The molecular weight excluding hydrogens is 364 g/mol. The number of nitrogens with zero attached hydrogens (tertiary/aromatic N) is 3. The van der Waals surface area contributed by atoms with Gasteiger partial charge in [-0.05, 0) is 49.2 Å². The minimum absolute atomic E-state index is 0.157. The molecule has 0 saturated carbocycles. The molecular formula is C21H21F2N3O2. The highest BCUT2D eigenvalue weighted by molar-refractivity contribution is 5.77. The van der Waals surface area contributed by atoms with E-state index in [1.807, 2.05) is 6.07 Å². The maximum absolute atomic E-state index is 13.6. The van der Waals surface area contributed by atoms with Crippen molar-refractivity contribution in [3.05, 3.63) is 75.8 Å². The third kappa shape index (κ3) is 3.55. The third-order valence-corrected chi connectivity index (χ3v) is 5.18. The van der Waals surface area contributed by atoms with E-state index in [0.29, 0.717) is 28.8 Å². The van der Waals surface area contributed by atoms with Gasteiger partial charge in [0, 0.05) is 12.6 Å². The Hall–Kier alpha value is -2.64. The molecule has 0 radical (unpaired) electrons. The molecule has 1 unspecified atom stereocenters. The molecule has 2 heterocycles. The summed E-state index contributed by atoms with van der Waals surface area (Å²) in [5, 5.41) is 9.97. The van der Waals surface area contributed by atoms with Crippen molar-refractivity contribution in [1.82, 2.24) is 14.5 Å². The first-order chi connectivity index (χ1) is 13.6. The third-order valence-electron chi connectivity index (χ3n) is 5.18. The van der Waals surface area contributed by atoms with Crippen molar-refractivity contribution in [3.63, 3.8) is 0 Å². The Morgan fingerprint density at radius 2 is 1.89 bits per heavy atom. The van der Waals surface area contributed by atoms with Crippen LogP contribution in [0.1, 0.15) is 30.3 Å². The van der Waals surface area contributed by atoms with Gasteiger partial charge >= 0.3 is 0 Å². The molecule has 1 fully saturated rings. The lowest BCUT2D eigenvalue weighted by atomic mass is 10.1. The molecule has 1 aliphatic rings. The van der Waals surface area contributed by atoms with Gasteiger partial charge in [0.25, 0.3) is 5.56 Å². The summed E-state index contributed by atoms with van der Waals surface area (Å²) in [7, 11) is 0. The number of aromatic nitrogens is 2. The highest BCUT2D eigenvalue weighted by atomic mass is 19.1. The zero-order valence-electron chi connectivity index (χ0n) is 15.3. The molecule has 1 atom stereocenters. The predicted molar refractivity (Wildman–Crippen MR) is 102 cm³/mol. The quantitative estimate of drug-likeness (QED) is 0.734. The van der Waals surface area contributed by atoms with Crippen LogP contribution >= 0.6 is 0 Å². The Morgan fingerprint density at radius 1 is 1.14 bits per heavy atom. The number of hydrogen-bond donors (Lipinski definition) is 1. The minimum atomic E-state index is -0.605. The summed E-state index contributed by atoms with van der Waals surface area (Å²) in [5.74, 6) is -0.620. The lowest BCUT2D eigenvalue weighted by Gasteiger charge is -2.26. The van der Waals surface area contributed by atoms with Crippen molar-refractivity contribution < 1.29 is 13.9 Å². The second kappa shape index (κ2) is 7.77. The lowest BCUT2D eigenvalue weighted by Crippen LogP contribution is -2.33. The maximum atomic E-state index is 13.6. The van der Waals surface area contributed by atoms with Crippen molar-refractivity contribution in [2.45, 2.75) is 32.0 Å². The Morgan fingerprint density at radius 3 is 2.64 bits per heavy atom. The van der Waals surface area contributed by atoms with Crippen molar-refractivity contribution in [3.8, 4) is 0 Å². The molecule has 0 amide bonds. The van der Waals surface area contributed by atoms with Crippen LogP contribution in [0.4, 0.5) is 8.78 Å². The van der Waals surface area contributed by atoms with Crippen molar-refractivity contribution in [2.24, 2.45) is 0 Å². The van der Waals surface area contributed by atoms with Gasteiger partial charge in [-0.2, -0.15) is 0 Å². The number of likely N-dealkylation sites (tertiary alicyclic amines) is 1. The van der Waals surface area contributed by atoms with Gasteiger partial charge in [-0.15, -0.1) is 0 Å². The maximum Gasteiger partial charge on any atom is 0.261 e. The van der Waals surface area contributed by atoms with Crippen LogP contribution in [0, 0.1) is 11.6 Å². The largest absolute Gasteiger partial charge is 0.395 e. The number of para-hydroxylation sites is 1. The van der Waals surface area contributed by atoms with Gasteiger partial charge in [0.15, 0.2) is 0 Å². The lowest BCUT2D eigenvalue weighted by molar-refractivity contribution is 0.223. The summed E-state index contributed by atoms with van der Waals surface area (Å²) >= 11 is 0. The number of rotatable bonds is 5. The van der Waals surface area contributed by atoms with Crippen LogP contribution in [0.15, 0.2) is 47.3 Å². The van der Waals surface area contributed by atoms with Crippen LogP contribution in [0.2, 0.25) is 0 Å². The first kappa shape index (κ1) is 18.7.